The Bertz CT molecular complexity index is 330. The molecule has 1 heterocycles. The van der Waals surface area contributed by atoms with E-state index >= 15 is 0 Å². The number of thioether (sulfide) groups is 1. The third-order valence-corrected chi connectivity index (χ3v) is 5.69. The van der Waals surface area contributed by atoms with Crippen molar-refractivity contribution in [3.05, 3.63) is 11.1 Å². The first kappa shape index (κ1) is 12.2. The molecule has 1 saturated carbocycles. The van der Waals surface area contributed by atoms with E-state index in [4.69, 9.17) is 0 Å². The van der Waals surface area contributed by atoms with E-state index in [0.29, 0.717) is 4.75 Å². The van der Waals surface area contributed by atoms with E-state index in [1.807, 2.05) is 11.8 Å². The minimum Gasteiger partial charge on any atom is -0.360 e. The van der Waals surface area contributed by atoms with Crippen LogP contribution in [0.15, 0.2) is 5.38 Å². The molecule has 0 unspecified atom stereocenters. The minimum atomic E-state index is 0.470. The van der Waals surface area contributed by atoms with Gasteiger partial charge >= 0.3 is 0 Å². The van der Waals surface area contributed by atoms with Crippen molar-refractivity contribution in [1.82, 2.24) is 4.98 Å². The average Bonchev–Trinajstić information content (AvgIpc) is 2.96. The topological polar surface area (TPSA) is 24.9 Å². The molecule has 2 nitrogen and oxygen atoms in total. The Balaban J connectivity index is 1.90. The van der Waals surface area contributed by atoms with E-state index in [2.05, 4.69) is 28.9 Å². The summed E-state index contributed by atoms with van der Waals surface area (Å²) in [5, 5.41) is 6.77. The lowest BCUT2D eigenvalue weighted by Crippen LogP contribution is -2.29. The Morgan fingerprint density at radius 1 is 1.50 bits per heavy atom. The highest BCUT2D eigenvalue weighted by Crippen LogP contribution is 2.40. The molecule has 1 aromatic heterocycles. The van der Waals surface area contributed by atoms with Crippen molar-refractivity contribution in [1.29, 1.82) is 0 Å². The van der Waals surface area contributed by atoms with Gasteiger partial charge in [0.2, 0.25) is 0 Å². The lowest BCUT2D eigenvalue weighted by molar-refractivity contribution is 0.639. The number of anilines is 1. The van der Waals surface area contributed by atoms with Crippen LogP contribution in [0.3, 0.4) is 0 Å². The third-order valence-electron chi connectivity index (χ3n) is 3.42. The first-order valence-corrected chi connectivity index (χ1v) is 8.12. The third kappa shape index (κ3) is 2.72. The van der Waals surface area contributed by atoms with Gasteiger partial charge in [0, 0.05) is 16.7 Å². The molecule has 16 heavy (non-hydrogen) atoms. The summed E-state index contributed by atoms with van der Waals surface area (Å²) < 4.78 is 0.470. The fraction of sp³-hybridized carbons (Fsp3) is 0.750. The van der Waals surface area contributed by atoms with Crippen LogP contribution in [0, 0.1) is 0 Å². The van der Waals surface area contributed by atoms with Gasteiger partial charge in [-0.1, -0.05) is 19.8 Å². The number of hydrogen-bond acceptors (Lipinski definition) is 4. The summed E-state index contributed by atoms with van der Waals surface area (Å²) in [7, 11) is 0. The van der Waals surface area contributed by atoms with Crippen molar-refractivity contribution in [3.63, 3.8) is 0 Å². The fourth-order valence-electron chi connectivity index (χ4n) is 2.26. The van der Waals surface area contributed by atoms with Crippen LogP contribution in [0.2, 0.25) is 0 Å². The van der Waals surface area contributed by atoms with Crippen molar-refractivity contribution in [2.45, 2.75) is 43.8 Å². The second-order valence-corrected chi connectivity index (χ2v) is 6.58. The van der Waals surface area contributed by atoms with E-state index < -0.39 is 0 Å². The first-order valence-electron chi connectivity index (χ1n) is 6.01. The van der Waals surface area contributed by atoms with E-state index in [-0.39, 0.29) is 0 Å². The van der Waals surface area contributed by atoms with Gasteiger partial charge in [-0.15, -0.1) is 11.3 Å². The maximum absolute atomic E-state index is 4.55. The van der Waals surface area contributed by atoms with E-state index in [1.165, 1.54) is 31.4 Å². The first-order chi connectivity index (χ1) is 7.78. The predicted octanol–water partition coefficient (Wildman–Crippen LogP) is 3.79. The molecule has 0 saturated heterocycles. The molecule has 4 heteroatoms. The molecule has 1 fully saturated rings. The van der Waals surface area contributed by atoms with Gasteiger partial charge < -0.3 is 5.32 Å². The van der Waals surface area contributed by atoms with Gasteiger partial charge in [-0.25, -0.2) is 4.98 Å². The largest absolute Gasteiger partial charge is 0.360 e. The number of aromatic nitrogens is 1. The Morgan fingerprint density at radius 2 is 2.25 bits per heavy atom. The molecule has 0 spiro atoms. The van der Waals surface area contributed by atoms with Gasteiger partial charge in [0.15, 0.2) is 5.13 Å². The van der Waals surface area contributed by atoms with Crippen molar-refractivity contribution in [2.75, 3.05) is 18.1 Å². The van der Waals surface area contributed by atoms with Crippen LogP contribution in [0.4, 0.5) is 5.13 Å². The number of aryl methyl sites for hydroxylation is 1. The van der Waals surface area contributed by atoms with E-state index in [1.54, 1.807) is 11.3 Å². The Morgan fingerprint density at radius 3 is 2.81 bits per heavy atom. The number of rotatable bonds is 5. The van der Waals surface area contributed by atoms with Crippen LogP contribution in [-0.2, 0) is 6.42 Å². The molecule has 2 rings (SSSR count). The fourth-order valence-corrected chi connectivity index (χ4v) is 3.97. The lowest BCUT2D eigenvalue weighted by Gasteiger charge is -2.26. The van der Waals surface area contributed by atoms with Crippen LogP contribution in [-0.4, -0.2) is 22.5 Å². The van der Waals surface area contributed by atoms with Crippen molar-refractivity contribution >= 4 is 28.2 Å². The van der Waals surface area contributed by atoms with Crippen molar-refractivity contribution in [2.24, 2.45) is 0 Å². The van der Waals surface area contributed by atoms with Gasteiger partial charge in [0.25, 0.3) is 0 Å². The van der Waals surface area contributed by atoms with Gasteiger partial charge in [-0.3, -0.25) is 0 Å². The minimum absolute atomic E-state index is 0.470. The van der Waals surface area contributed by atoms with Crippen LogP contribution < -0.4 is 5.32 Å². The normalized spacial score (nSPS) is 18.9. The second-order valence-electron chi connectivity index (χ2n) is 4.45. The lowest BCUT2D eigenvalue weighted by atomic mass is 10.1. The molecule has 0 aromatic carbocycles. The summed E-state index contributed by atoms with van der Waals surface area (Å²) in [5.41, 5.74) is 1.21. The highest BCUT2D eigenvalue weighted by Gasteiger charge is 2.32. The molecule has 0 amide bonds. The van der Waals surface area contributed by atoms with Crippen LogP contribution in [0.1, 0.15) is 38.3 Å². The zero-order valence-electron chi connectivity index (χ0n) is 10.1. The highest BCUT2D eigenvalue weighted by molar-refractivity contribution is 8.00. The molecule has 0 bridgehead atoms. The molecule has 0 radical (unpaired) electrons. The molecule has 1 aliphatic rings. The summed E-state index contributed by atoms with van der Waals surface area (Å²) in [6.07, 6.45) is 8.76. The number of thiazole rings is 1. The number of nitrogens with one attached hydrogen (secondary N) is 1. The maximum Gasteiger partial charge on any atom is 0.182 e. The molecule has 1 aromatic rings. The monoisotopic (exact) mass is 256 g/mol. The molecular weight excluding hydrogens is 236 g/mol. The number of nitrogens with zero attached hydrogens (tertiary/aromatic N) is 1. The van der Waals surface area contributed by atoms with E-state index in [0.717, 1.165) is 18.1 Å². The van der Waals surface area contributed by atoms with Crippen LogP contribution in [0.5, 0.6) is 0 Å². The second kappa shape index (κ2) is 5.41. The summed E-state index contributed by atoms with van der Waals surface area (Å²) in [5.74, 6) is 0. The Hall–Kier alpha value is -0.220. The molecular formula is C12H20N2S2. The van der Waals surface area contributed by atoms with Crippen LogP contribution >= 0.6 is 23.1 Å². The van der Waals surface area contributed by atoms with Gasteiger partial charge in [-0.05, 0) is 25.5 Å². The van der Waals surface area contributed by atoms with E-state index in [9.17, 15) is 0 Å². The zero-order valence-corrected chi connectivity index (χ0v) is 11.7. The van der Waals surface area contributed by atoms with Gasteiger partial charge in [-0.2, -0.15) is 11.8 Å². The zero-order chi connectivity index (χ0) is 11.4. The Kier molecular flexibility index (Phi) is 4.14. The number of hydrogen-bond donors (Lipinski definition) is 1. The summed E-state index contributed by atoms with van der Waals surface area (Å²) in [6.45, 7) is 3.23. The van der Waals surface area contributed by atoms with Crippen molar-refractivity contribution < 1.29 is 0 Å². The van der Waals surface area contributed by atoms with Gasteiger partial charge in [0.05, 0.1) is 5.69 Å². The predicted molar refractivity (Wildman–Crippen MR) is 74.7 cm³/mol. The SMILES string of the molecule is CCc1csc(NCC2(SC)CCCC2)n1. The molecule has 0 aliphatic heterocycles. The van der Waals surface area contributed by atoms with Crippen LogP contribution in [0.25, 0.3) is 0 Å². The van der Waals surface area contributed by atoms with Gasteiger partial charge in [0.1, 0.15) is 0 Å². The Labute approximate surface area is 106 Å². The summed E-state index contributed by atoms with van der Waals surface area (Å²) in [4.78, 5) is 4.55. The standard InChI is InChI=1S/C12H20N2S2/c1-3-10-8-16-11(14-10)13-9-12(15-2)6-4-5-7-12/h8H,3-7,9H2,1-2H3,(H,13,14). The summed E-state index contributed by atoms with van der Waals surface area (Å²) >= 11 is 3.76. The molecule has 1 aliphatic carbocycles. The van der Waals surface area contributed by atoms with Crippen molar-refractivity contribution in [3.8, 4) is 0 Å². The molecule has 90 valence electrons. The smallest absolute Gasteiger partial charge is 0.182 e. The summed E-state index contributed by atoms with van der Waals surface area (Å²) in [6, 6.07) is 0. The molecule has 1 N–H and O–H groups in total. The highest BCUT2D eigenvalue weighted by atomic mass is 32.2. The average molecular weight is 256 g/mol. The maximum atomic E-state index is 4.55. The quantitative estimate of drug-likeness (QED) is 0.867. The molecule has 0 atom stereocenters.